The minimum absolute atomic E-state index is 0.0420. The molecule has 0 saturated heterocycles. The predicted molar refractivity (Wildman–Crippen MR) is 111 cm³/mol. The molecule has 5 nitrogen and oxygen atoms in total. The summed E-state index contributed by atoms with van der Waals surface area (Å²) in [4.78, 5) is 13.5. The van der Waals surface area contributed by atoms with Crippen LogP contribution >= 0.6 is 46.6 Å². The van der Waals surface area contributed by atoms with E-state index in [4.69, 9.17) is 34.8 Å². The van der Waals surface area contributed by atoms with Crippen molar-refractivity contribution in [3.63, 3.8) is 0 Å². The van der Waals surface area contributed by atoms with Gasteiger partial charge < -0.3 is 4.90 Å². The minimum atomic E-state index is -0.540. The van der Waals surface area contributed by atoms with E-state index in [-0.39, 0.29) is 16.7 Å². The summed E-state index contributed by atoms with van der Waals surface area (Å²) in [5.41, 5.74) is 1.13. The Balaban J connectivity index is 2.12. The van der Waals surface area contributed by atoms with Gasteiger partial charge in [0.1, 0.15) is 5.82 Å². The molecule has 0 unspecified atom stereocenters. The fraction of sp³-hybridized carbons (Fsp3) is 0.167. The molecule has 0 spiro atoms. The molecule has 0 aliphatic heterocycles. The van der Waals surface area contributed by atoms with Gasteiger partial charge in [0, 0.05) is 24.7 Å². The van der Waals surface area contributed by atoms with Crippen LogP contribution in [0.5, 0.6) is 0 Å². The lowest BCUT2D eigenvalue weighted by atomic mass is 10.2. The predicted octanol–water partition coefficient (Wildman–Crippen LogP) is 5.21. The number of carbonyl (C=O) groups is 1. The lowest BCUT2D eigenvalue weighted by Gasteiger charge is -2.13. The van der Waals surface area contributed by atoms with E-state index in [1.165, 1.54) is 28.8 Å². The average Bonchev–Trinajstić information content (AvgIpc) is 3.05. The molecular weight excluding hydrogens is 446 g/mol. The number of carbonyl (C=O) groups excluding carboxylic acids is 1. The minimum Gasteiger partial charge on any atom is -0.348 e. The monoisotopic (exact) mass is 458 g/mol. The second-order valence-electron chi connectivity index (χ2n) is 5.94. The molecule has 146 valence electrons. The zero-order valence-electron chi connectivity index (χ0n) is 14.8. The van der Waals surface area contributed by atoms with Crippen LogP contribution < -0.4 is 0 Å². The topological polar surface area (TPSA) is 51.0 Å². The van der Waals surface area contributed by atoms with Crippen molar-refractivity contribution >= 4 is 52.5 Å². The maximum absolute atomic E-state index is 13.7. The number of rotatable bonds is 5. The molecule has 3 aromatic rings. The first-order valence-electron chi connectivity index (χ1n) is 7.97. The Labute approximate surface area is 180 Å². The van der Waals surface area contributed by atoms with E-state index in [0.717, 1.165) is 0 Å². The van der Waals surface area contributed by atoms with Crippen LogP contribution in [-0.2, 0) is 4.79 Å². The van der Waals surface area contributed by atoms with E-state index in [0.29, 0.717) is 32.3 Å². The quantitative estimate of drug-likeness (QED) is 0.491. The van der Waals surface area contributed by atoms with Crippen molar-refractivity contribution in [3.05, 3.63) is 57.3 Å². The van der Waals surface area contributed by atoms with Crippen molar-refractivity contribution in [3.8, 4) is 17.1 Å². The number of benzene rings is 2. The van der Waals surface area contributed by atoms with Crippen LogP contribution in [0.2, 0.25) is 15.1 Å². The lowest BCUT2D eigenvalue weighted by molar-refractivity contribution is -0.125. The Morgan fingerprint density at radius 3 is 2.50 bits per heavy atom. The van der Waals surface area contributed by atoms with Crippen molar-refractivity contribution in [2.24, 2.45) is 0 Å². The van der Waals surface area contributed by atoms with Crippen LogP contribution in [0.3, 0.4) is 0 Å². The van der Waals surface area contributed by atoms with E-state index in [1.54, 1.807) is 42.9 Å². The standard InChI is InChI=1S/C18H14Cl3FN4OS/c1-25(2)16(27)9-28-18-24-23-17(12-5-3-10(19)7-13(12)20)26(18)11-4-6-15(22)14(21)8-11/h3-8H,9H2,1-2H3. The van der Waals surface area contributed by atoms with E-state index < -0.39 is 5.82 Å². The molecule has 10 heteroatoms. The summed E-state index contributed by atoms with van der Waals surface area (Å²) < 4.78 is 15.3. The van der Waals surface area contributed by atoms with E-state index in [9.17, 15) is 9.18 Å². The van der Waals surface area contributed by atoms with Crippen molar-refractivity contribution in [1.29, 1.82) is 0 Å². The number of hydrogen-bond acceptors (Lipinski definition) is 4. The smallest absolute Gasteiger partial charge is 0.232 e. The van der Waals surface area contributed by atoms with Crippen LogP contribution in [0.4, 0.5) is 4.39 Å². The molecule has 28 heavy (non-hydrogen) atoms. The summed E-state index contributed by atoms with van der Waals surface area (Å²) in [5.74, 6) is -0.0394. The van der Waals surface area contributed by atoms with Crippen molar-refractivity contribution in [1.82, 2.24) is 19.7 Å². The molecule has 1 amide bonds. The average molecular weight is 460 g/mol. The molecule has 0 atom stereocenters. The molecule has 0 aliphatic carbocycles. The lowest BCUT2D eigenvalue weighted by Crippen LogP contribution is -2.23. The third kappa shape index (κ3) is 4.43. The summed E-state index contributed by atoms with van der Waals surface area (Å²) in [6.07, 6.45) is 0. The summed E-state index contributed by atoms with van der Waals surface area (Å²) in [6.45, 7) is 0. The Morgan fingerprint density at radius 1 is 1.11 bits per heavy atom. The molecule has 1 heterocycles. The molecule has 1 aromatic heterocycles. The molecule has 0 saturated carbocycles. The van der Waals surface area contributed by atoms with Gasteiger partial charge in [0.2, 0.25) is 5.91 Å². The molecule has 0 radical (unpaired) electrons. The van der Waals surface area contributed by atoms with Gasteiger partial charge in [-0.3, -0.25) is 9.36 Å². The molecule has 0 N–H and O–H groups in total. The van der Waals surface area contributed by atoms with Gasteiger partial charge >= 0.3 is 0 Å². The summed E-state index contributed by atoms with van der Waals surface area (Å²) in [5, 5.41) is 9.69. The maximum atomic E-state index is 13.7. The van der Waals surface area contributed by atoms with Gasteiger partial charge in [0.15, 0.2) is 11.0 Å². The second-order valence-corrected chi connectivity index (χ2v) is 8.13. The van der Waals surface area contributed by atoms with Crippen LogP contribution in [-0.4, -0.2) is 45.4 Å². The number of aromatic nitrogens is 3. The van der Waals surface area contributed by atoms with Gasteiger partial charge in [-0.15, -0.1) is 10.2 Å². The van der Waals surface area contributed by atoms with Crippen LogP contribution in [0.15, 0.2) is 41.6 Å². The molecule has 0 aliphatic rings. The third-order valence-corrected chi connectivity index (χ3v) is 5.54. The van der Waals surface area contributed by atoms with Gasteiger partial charge in [-0.2, -0.15) is 0 Å². The second kappa shape index (κ2) is 8.69. The number of halogens is 4. The summed E-state index contributed by atoms with van der Waals surface area (Å²) in [6, 6.07) is 9.26. The van der Waals surface area contributed by atoms with E-state index in [2.05, 4.69) is 10.2 Å². The third-order valence-electron chi connectivity index (χ3n) is 3.79. The first-order chi connectivity index (χ1) is 13.3. The Hall–Kier alpha value is -1.80. The van der Waals surface area contributed by atoms with Gasteiger partial charge in [0.05, 0.1) is 21.5 Å². The Kier molecular flexibility index (Phi) is 6.50. The van der Waals surface area contributed by atoms with E-state index >= 15 is 0 Å². The van der Waals surface area contributed by atoms with Crippen molar-refractivity contribution < 1.29 is 9.18 Å². The highest BCUT2D eigenvalue weighted by atomic mass is 35.5. The highest BCUT2D eigenvalue weighted by Gasteiger charge is 2.20. The van der Waals surface area contributed by atoms with Gasteiger partial charge in [-0.05, 0) is 36.4 Å². The molecule has 0 bridgehead atoms. The first-order valence-corrected chi connectivity index (χ1v) is 10.1. The fourth-order valence-electron chi connectivity index (χ4n) is 2.32. The Bertz CT molecular complexity index is 1040. The van der Waals surface area contributed by atoms with Gasteiger partial charge in [0.25, 0.3) is 0 Å². The highest BCUT2D eigenvalue weighted by Crippen LogP contribution is 2.34. The Morgan fingerprint density at radius 2 is 1.86 bits per heavy atom. The number of thioether (sulfide) groups is 1. The van der Waals surface area contributed by atoms with Crippen LogP contribution in [0, 0.1) is 5.82 Å². The molecular formula is C18H14Cl3FN4OS. The number of nitrogens with zero attached hydrogens (tertiary/aromatic N) is 4. The highest BCUT2D eigenvalue weighted by molar-refractivity contribution is 7.99. The number of hydrogen-bond donors (Lipinski definition) is 0. The van der Waals surface area contributed by atoms with Gasteiger partial charge in [-0.25, -0.2) is 4.39 Å². The zero-order chi connectivity index (χ0) is 20.4. The largest absolute Gasteiger partial charge is 0.348 e. The molecule has 0 fully saturated rings. The number of amides is 1. The molecule has 2 aromatic carbocycles. The van der Waals surface area contributed by atoms with Crippen LogP contribution in [0.25, 0.3) is 17.1 Å². The molecule has 3 rings (SSSR count). The van der Waals surface area contributed by atoms with Crippen molar-refractivity contribution in [2.75, 3.05) is 19.8 Å². The van der Waals surface area contributed by atoms with Gasteiger partial charge in [-0.1, -0.05) is 46.6 Å². The SMILES string of the molecule is CN(C)C(=O)CSc1nnc(-c2ccc(Cl)cc2Cl)n1-c1ccc(F)c(Cl)c1. The normalized spacial score (nSPS) is 10.9. The fourth-order valence-corrected chi connectivity index (χ4v) is 3.92. The summed E-state index contributed by atoms with van der Waals surface area (Å²) in [7, 11) is 3.35. The maximum Gasteiger partial charge on any atom is 0.232 e. The van der Waals surface area contributed by atoms with Crippen molar-refractivity contribution in [2.45, 2.75) is 5.16 Å². The van der Waals surface area contributed by atoms with E-state index in [1.807, 2.05) is 0 Å². The van der Waals surface area contributed by atoms with Crippen LogP contribution in [0.1, 0.15) is 0 Å². The summed E-state index contributed by atoms with van der Waals surface area (Å²) >= 11 is 19.5. The zero-order valence-corrected chi connectivity index (χ0v) is 17.9. The first kappa shape index (κ1) is 20.9.